The lowest BCUT2D eigenvalue weighted by atomic mass is 9.86. The molecule has 1 saturated heterocycles. The number of esters is 1. The number of rotatable bonds is 5. The lowest BCUT2D eigenvalue weighted by Gasteiger charge is -2.42. The third kappa shape index (κ3) is 3.04. The maximum absolute atomic E-state index is 12.3. The van der Waals surface area contributed by atoms with E-state index in [4.69, 9.17) is 4.74 Å². The van der Waals surface area contributed by atoms with Crippen LogP contribution in [0.5, 0.6) is 0 Å². The quantitative estimate of drug-likeness (QED) is 0.756. The molecule has 0 amide bonds. The van der Waals surface area contributed by atoms with E-state index < -0.39 is 5.54 Å². The van der Waals surface area contributed by atoms with E-state index in [1.54, 1.807) is 0 Å². The van der Waals surface area contributed by atoms with Gasteiger partial charge in [0.15, 0.2) is 0 Å². The van der Waals surface area contributed by atoms with Crippen molar-refractivity contribution in [3.63, 3.8) is 0 Å². The topological polar surface area (TPSA) is 41.6 Å². The number of ether oxygens (including phenoxy) is 1. The first-order chi connectivity index (χ1) is 8.57. The van der Waals surface area contributed by atoms with Crippen LogP contribution in [0, 0.1) is 0 Å². The van der Waals surface area contributed by atoms with Crippen LogP contribution in [0.25, 0.3) is 0 Å². The molecule has 4 heteroatoms. The average Bonchev–Trinajstić information content (AvgIpc) is 3.14. The largest absolute Gasteiger partial charge is 0.465 e. The van der Waals surface area contributed by atoms with Crippen molar-refractivity contribution in [1.29, 1.82) is 0 Å². The van der Waals surface area contributed by atoms with Gasteiger partial charge in [0.2, 0.25) is 0 Å². The number of nitrogens with zero attached hydrogens (tertiary/aromatic N) is 1. The molecule has 0 spiro atoms. The van der Waals surface area contributed by atoms with E-state index in [0.29, 0.717) is 18.7 Å². The highest BCUT2D eigenvalue weighted by atomic mass is 16.5. The van der Waals surface area contributed by atoms with Crippen molar-refractivity contribution in [2.75, 3.05) is 19.7 Å². The fourth-order valence-electron chi connectivity index (χ4n) is 2.72. The zero-order valence-corrected chi connectivity index (χ0v) is 11.9. The van der Waals surface area contributed by atoms with Crippen molar-refractivity contribution < 1.29 is 9.53 Å². The molecule has 1 aliphatic heterocycles. The second kappa shape index (κ2) is 5.57. The lowest BCUT2D eigenvalue weighted by Crippen LogP contribution is -2.60. The summed E-state index contributed by atoms with van der Waals surface area (Å²) >= 11 is 0. The molecule has 1 N–H and O–H groups in total. The summed E-state index contributed by atoms with van der Waals surface area (Å²) in [7, 11) is 0. The van der Waals surface area contributed by atoms with Crippen molar-refractivity contribution >= 4 is 5.97 Å². The third-order valence-electron chi connectivity index (χ3n) is 4.11. The van der Waals surface area contributed by atoms with Crippen LogP contribution in [-0.2, 0) is 9.53 Å². The van der Waals surface area contributed by atoms with Gasteiger partial charge >= 0.3 is 5.97 Å². The Morgan fingerprint density at radius 1 is 1.39 bits per heavy atom. The van der Waals surface area contributed by atoms with E-state index in [1.807, 2.05) is 6.92 Å². The van der Waals surface area contributed by atoms with Gasteiger partial charge in [-0.3, -0.25) is 10.1 Å². The van der Waals surface area contributed by atoms with E-state index >= 15 is 0 Å². The van der Waals surface area contributed by atoms with Crippen LogP contribution in [0.15, 0.2) is 0 Å². The number of likely N-dealkylation sites (tertiary alicyclic amines) is 1. The summed E-state index contributed by atoms with van der Waals surface area (Å²) in [4.78, 5) is 14.7. The molecule has 2 rings (SSSR count). The van der Waals surface area contributed by atoms with Gasteiger partial charge in [0, 0.05) is 25.2 Å². The van der Waals surface area contributed by atoms with Gasteiger partial charge in [-0.1, -0.05) is 0 Å². The molecule has 0 bridgehead atoms. The molecule has 104 valence electrons. The van der Waals surface area contributed by atoms with Gasteiger partial charge < -0.3 is 9.64 Å². The van der Waals surface area contributed by atoms with E-state index in [1.165, 1.54) is 12.8 Å². The monoisotopic (exact) mass is 254 g/mol. The Balaban J connectivity index is 2.00. The van der Waals surface area contributed by atoms with Gasteiger partial charge in [0.25, 0.3) is 0 Å². The second-order valence-corrected chi connectivity index (χ2v) is 5.85. The fraction of sp³-hybridized carbons (Fsp3) is 0.929. The Bertz CT molecular complexity index is 292. The standard InChI is InChI=1S/C14H26N2O2/c1-4-18-13(17)14(15-12-5-6-12)7-9-16(10-8-14)11(2)3/h11-12,15H,4-10H2,1-3H3. The molecular weight excluding hydrogens is 228 g/mol. The van der Waals surface area contributed by atoms with Crippen LogP contribution < -0.4 is 5.32 Å². The van der Waals surface area contributed by atoms with Crippen molar-refractivity contribution in [1.82, 2.24) is 10.2 Å². The Morgan fingerprint density at radius 2 is 2.00 bits per heavy atom. The molecule has 1 saturated carbocycles. The highest BCUT2D eigenvalue weighted by Gasteiger charge is 2.45. The van der Waals surface area contributed by atoms with E-state index in [-0.39, 0.29) is 5.97 Å². The second-order valence-electron chi connectivity index (χ2n) is 5.85. The van der Waals surface area contributed by atoms with Gasteiger partial charge in [-0.05, 0) is 46.5 Å². The van der Waals surface area contributed by atoms with Gasteiger partial charge in [-0.25, -0.2) is 0 Å². The minimum atomic E-state index is -0.414. The molecule has 0 aromatic heterocycles. The highest BCUT2D eigenvalue weighted by molar-refractivity contribution is 5.81. The lowest BCUT2D eigenvalue weighted by molar-refractivity contribution is -0.154. The van der Waals surface area contributed by atoms with E-state index in [2.05, 4.69) is 24.1 Å². The zero-order chi connectivity index (χ0) is 13.2. The van der Waals surface area contributed by atoms with Gasteiger partial charge in [-0.2, -0.15) is 0 Å². The number of carbonyl (C=O) groups excluding carboxylic acids is 1. The highest BCUT2D eigenvalue weighted by Crippen LogP contribution is 2.30. The SMILES string of the molecule is CCOC(=O)C1(NC2CC2)CCN(C(C)C)CC1. The molecule has 1 aliphatic carbocycles. The summed E-state index contributed by atoms with van der Waals surface area (Å²) in [5.74, 6) is -0.0414. The van der Waals surface area contributed by atoms with Crippen molar-refractivity contribution in [2.24, 2.45) is 0 Å². The predicted molar refractivity (Wildman–Crippen MR) is 71.5 cm³/mol. The number of hydrogen-bond acceptors (Lipinski definition) is 4. The molecule has 0 aromatic carbocycles. The molecule has 0 unspecified atom stereocenters. The van der Waals surface area contributed by atoms with Crippen molar-refractivity contribution in [3.05, 3.63) is 0 Å². The molecule has 0 aromatic rings. The molecule has 2 fully saturated rings. The Kier molecular flexibility index (Phi) is 4.28. The van der Waals surface area contributed by atoms with Crippen LogP contribution in [0.3, 0.4) is 0 Å². The molecule has 18 heavy (non-hydrogen) atoms. The first-order valence-electron chi connectivity index (χ1n) is 7.26. The van der Waals surface area contributed by atoms with E-state index in [9.17, 15) is 4.79 Å². The Morgan fingerprint density at radius 3 is 2.44 bits per heavy atom. The first kappa shape index (κ1) is 13.8. The average molecular weight is 254 g/mol. The van der Waals surface area contributed by atoms with Gasteiger partial charge in [-0.15, -0.1) is 0 Å². The summed E-state index contributed by atoms with van der Waals surface area (Å²) < 4.78 is 5.29. The van der Waals surface area contributed by atoms with Crippen LogP contribution in [0.2, 0.25) is 0 Å². The maximum Gasteiger partial charge on any atom is 0.326 e. The predicted octanol–water partition coefficient (Wildman–Crippen LogP) is 1.54. The zero-order valence-electron chi connectivity index (χ0n) is 11.9. The smallest absolute Gasteiger partial charge is 0.326 e. The van der Waals surface area contributed by atoms with Crippen LogP contribution in [0.1, 0.15) is 46.5 Å². The van der Waals surface area contributed by atoms with Crippen molar-refractivity contribution in [2.45, 2.75) is 64.1 Å². The number of piperidine rings is 1. The number of carbonyl (C=O) groups is 1. The van der Waals surface area contributed by atoms with Crippen LogP contribution >= 0.6 is 0 Å². The Hall–Kier alpha value is -0.610. The van der Waals surface area contributed by atoms with Gasteiger partial charge in [0.1, 0.15) is 5.54 Å². The summed E-state index contributed by atoms with van der Waals surface area (Å²) in [6, 6.07) is 1.10. The summed E-state index contributed by atoms with van der Waals surface area (Å²) in [5, 5.41) is 3.55. The molecule has 0 atom stereocenters. The summed E-state index contributed by atoms with van der Waals surface area (Å²) in [5.41, 5.74) is -0.414. The molecule has 0 radical (unpaired) electrons. The maximum atomic E-state index is 12.3. The van der Waals surface area contributed by atoms with Crippen LogP contribution in [0.4, 0.5) is 0 Å². The van der Waals surface area contributed by atoms with Crippen molar-refractivity contribution in [3.8, 4) is 0 Å². The number of nitrogens with one attached hydrogen (secondary N) is 1. The molecule has 1 heterocycles. The molecule has 2 aliphatic rings. The molecule has 4 nitrogen and oxygen atoms in total. The first-order valence-corrected chi connectivity index (χ1v) is 7.26. The summed E-state index contributed by atoms with van der Waals surface area (Å²) in [6.07, 6.45) is 4.16. The van der Waals surface area contributed by atoms with Gasteiger partial charge in [0.05, 0.1) is 6.61 Å². The normalized spacial score (nSPS) is 24.2. The Labute approximate surface area is 110 Å². The third-order valence-corrected chi connectivity index (χ3v) is 4.11. The number of hydrogen-bond donors (Lipinski definition) is 1. The van der Waals surface area contributed by atoms with E-state index in [0.717, 1.165) is 25.9 Å². The summed E-state index contributed by atoms with van der Waals surface area (Å²) in [6.45, 7) is 8.75. The molecular formula is C14H26N2O2. The fourth-order valence-corrected chi connectivity index (χ4v) is 2.72. The van der Waals surface area contributed by atoms with Crippen LogP contribution in [-0.4, -0.2) is 48.2 Å². The minimum Gasteiger partial charge on any atom is -0.465 e. The minimum absolute atomic E-state index is 0.0414.